The number of sulfonamides is 1. The van der Waals surface area contributed by atoms with Gasteiger partial charge in [-0.2, -0.15) is 8.42 Å². The van der Waals surface area contributed by atoms with Crippen LogP contribution in [0.1, 0.15) is 30.4 Å². The molecule has 214 valence electrons. The molecule has 2 fully saturated rings. The van der Waals surface area contributed by atoms with E-state index in [-0.39, 0.29) is 75.3 Å². The van der Waals surface area contributed by atoms with E-state index < -0.39 is 31.6 Å². The molecule has 2 aromatic rings. The summed E-state index contributed by atoms with van der Waals surface area (Å²) in [5.41, 5.74) is 0.772. The second kappa shape index (κ2) is 9.55. The molecular formula is C26H28FN3O7S3. The molecule has 0 saturated heterocycles. The average molecular weight is 610 g/mol. The van der Waals surface area contributed by atoms with E-state index in [2.05, 4.69) is 9.71 Å². The summed E-state index contributed by atoms with van der Waals surface area (Å²) in [6.45, 7) is 0.122. The number of sulfone groups is 1. The Morgan fingerprint density at radius 2 is 2.02 bits per heavy atom. The van der Waals surface area contributed by atoms with Crippen LogP contribution in [0.5, 0.6) is 5.75 Å². The van der Waals surface area contributed by atoms with Gasteiger partial charge in [0, 0.05) is 24.8 Å². The predicted molar refractivity (Wildman–Crippen MR) is 147 cm³/mol. The molecule has 1 aromatic heterocycles. The number of fused-ring (bicyclic) bond motifs is 6. The first kappa shape index (κ1) is 27.2. The second-order valence-electron chi connectivity index (χ2n) is 10.9. The molecule has 2 aliphatic heterocycles. The number of rotatable bonds is 7. The van der Waals surface area contributed by atoms with E-state index in [1.807, 2.05) is 0 Å². The standard InChI is InChI=1S/C26H28FN3O7S3/c1-37-18-9-13(3-6-17(18)27)11-30-21-15-5-4-14(10-15)19(21)22(31)20(26(30)32)24-28-25-23(40(35,36)29-24)16(12-38-25)7-8-39(2,33)34/h3,6,9,12,14-15,19,21,31H,4-5,7-8,10-11H2,1-2H3,(H,28,29)/t14-,15+,19?,21?/m0/s1. The number of carbonyl (C=O) groups is 1. The normalized spacial score (nSPS) is 26.8. The SMILES string of the molecule is COc1cc(CN2C(=O)C(C3=NS(=O)(=O)c4c(CCS(C)(=O)=O)csc4N3)=C(O)C3C2[C@@H]2CC[C@H]3C2)ccc1F. The van der Waals surface area contributed by atoms with Crippen molar-refractivity contribution < 1.29 is 35.9 Å². The van der Waals surface area contributed by atoms with Gasteiger partial charge >= 0.3 is 0 Å². The molecule has 10 nitrogen and oxygen atoms in total. The number of ether oxygens (including phenoxy) is 1. The minimum Gasteiger partial charge on any atom is -0.511 e. The van der Waals surface area contributed by atoms with Crippen molar-refractivity contribution in [1.29, 1.82) is 0 Å². The number of halogens is 1. The van der Waals surface area contributed by atoms with Gasteiger partial charge in [-0.25, -0.2) is 12.8 Å². The number of nitrogens with zero attached hydrogens (tertiary/aromatic N) is 2. The molecule has 2 bridgehead atoms. The van der Waals surface area contributed by atoms with Crippen LogP contribution in [0.3, 0.4) is 0 Å². The maximum atomic E-state index is 14.1. The molecule has 6 rings (SSSR count). The van der Waals surface area contributed by atoms with Gasteiger partial charge in [0.2, 0.25) is 0 Å². The first-order valence-corrected chi connectivity index (χ1v) is 17.2. The van der Waals surface area contributed by atoms with Gasteiger partial charge in [0.05, 0.1) is 12.9 Å². The van der Waals surface area contributed by atoms with Crippen molar-refractivity contribution in [2.24, 2.45) is 22.2 Å². The summed E-state index contributed by atoms with van der Waals surface area (Å²) in [4.78, 5) is 15.6. The number of aliphatic hydroxyl groups is 1. The quantitative estimate of drug-likeness (QED) is 0.487. The number of benzene rings is 1. The summed E-state index contributed by atoms with van der Waals surface area (Å²) in [6, 6.07) is 4.10. The maximum absolute atomic E-state index is 14.1. The van der Waals surface area contributed by atoms with Crippen molar-refractivity contribution in [2.45, 2.75) is 43.2 Å². The Morgan fingerprint density at radius 3 is 2.75 bits per heavy atom. The summed E-state index contributed by atoms with van der Waals surface area (Å²) in [5.74, 6) is -1.71. The zero-order valence-electron chi connectivity index (χ0n) is 21.8. The number of anilines is 1. The molecule has 2 saturated carbocycles. The number of amidine groups is 1. The highest BCUT2D eigenvalue weighted by Gasteiger charge is 2.57. The number of thiophene rings is 1. The second-order valence-corrected chi connectivity index (χ2v) is 15.5. The number of carbonyl (C=O) groups excluding carboxylic acids is 1. The lowest BCUT2D eigenvalue weighted by Gasteiger charge is -2.44. The fraction of sp³-hybridized carbons (Fsp3) is 0.462. The summed E-state index contributed by atoms with van der Waals surface area (Å²) in [7, 11) is -6.26. The van der Waals surface area contributed by atoms with Gasteiger partial charge in [0.1, 0.15) is 31.1 Å². The zero-order valence-corrected chi connectivity index (χ0v) is 24.2. The lowest BCUT2D eigenvalue weighted by atomic mass is 9.77. The van der Waals surface area contributed by atoms with E-state index >= 15 is 0 Å². The molecule has 4 aliphatic rings. The third-order valence-electron chi connectivity index (χ3n) is 8.34. The van der Waals surface area contributed by atoms with Gasteiger partial charge in [0.15, 0.2) is 17.4 Å². The van der Waals surface area contributed by atoms with Gasteiger partial charge in [-0.05, 0) is 66.2 Å². The molecule has 40 heavy (non-hydrogen) atoms. The van der Waals surface area contributed by atoms with Crippen molar-refractivity contribution >= 4 is 47.9 Å². The van der Waals surface area contributed by atoms with E-state index in [9.17, 15) is 31.1 Å². The smallest absolute Gasteiger partial charge is 0.287 e. The highest BCUT2D eigenvalue weighted by Crippen LogP contribution is 2.55. The van der Waals surface area contributed by atoms with Gasteiger partial charge < -0.3 is 20.1 Å². The fourth-order valence-corrected chi connectivity index (χ4v) is 9.93. The van der Waals surface area contributed by atoms with Gasteiger partial charge in [-0.1, -0.05) is 6.07 Å². The summed E-state index contributed by atoms with van der Waals surface area (Å²) in [6.07, 6.45) is 3.75. The Bertz CT molecular complexity index is 1700. The molecule has 2 aliphatic carbocycles. The fourth-order valence-electron chi connectivity index (χ4n) is 6.67. The van der Waals surface area contributed by atoms with Crippen LogP contribution in [0.2, 0.25) is 0 Å². The lowest BCUT2D eigenvalue weighted by molar-refractivity contribution is -0.134. The number of hydrogen-bond acceptors (Lipinski definition) is 9. The van der Waals surface area contributed by atoms with Crippen LogP contribution >= 0.6 is 11.3 Å². The monoisotopic (exact) mass is 609 g/mol. The number of hydrogen-bond donors (Lipinski definition) is 2. The number of amides is 1. The molecule has 4 atom stereocenters. The van der Waals surface area contributed by atoms with Crippen molar-refractivity contribution in [3.8, 4) is 5.75 Å². The van der Waals surface area contributed by atoms with Crippen molar-refractivity contribution in [1.82, 2.24) is 4.90 Å². The van der Waals surface area contributed by atoms with Crippen LogP contribution in [0.15, 0.2) is 44.2 Å². The van der Waals surface area contributed by atoms with Crippen LogP contribution in [0.25, 0.3) is 0 Å². The predicted octanol–water partition coefficient (Wildman–Crippen LogP) is 3.26. The van der Waals surface area contributed by atoms with E-state index in [4.69, 9.17) is 4.74 Å². The Balaban J connectivity index is 1.39. The minimum absolute atomic E-state index is 0.00500. The Hall–Kier alpha value is -2.97. The third kappa shape index (κ3) is 4.49. The number of methoxy groups -OCH3 is 1. The molecule has 2 unspecified atom stereocenters. The van der Waals surface area contributed by atoms with Crippen LogP contribution in [0, 0.1) is 23.6 Å². The van der Waals surface area contributed by atoms with E-state index in [1.54, 1.807) is 16.3 Å². The topological polar surface area (TPSA) is 142 Å². The van der Waals surface area contributed by atoms with Crippen molar-refractivity contribution in [3.05, 3.63) is 51.9 Å². The number of aliphatic hydroxyl groups excluding tert-OH is 1. The largest absolute Gasteiger partial charge is 0.511 e. The van der Waals surface area contributed by atoms with Crippen LogP contribution in [-0.2, 0) is 37.6 Å². The Morgan fingerprint density at radius 1 is 1.27 bits per heavy atom. The van der Waals surface area contributed by atoms with Gasteiger partial charge in [-0.15, -0.1) is 15.7 Å². The number of nitrogens with one attached hydrogen (secondary N) is 1. The van der Waals surface area contributed by atoms with E-state index in [0.29, 0.717) is 11.1 Å². The lowest BCUT2D eigenvalue weighted by Crippen LogP contribution is -2.53. The van der Waals surface area contributed by atoms with Crippen LogP contribution in [-0.4, -0.2) is 63.7 Å². The van der Waals surface area contributed by atoms with Gasteiger partial charge in [-0.3, -0.25) is 4.79 Å². The third-order valence-corrected chi connectivity index (χ3v) is 11.8. The Labute approximate surface area is 235 Å². The van der Waals surface area contributed by atoms with Crippen molar-refractivity contribution in [2.75, 3.05) is 24.4 Å². The van der Waals surface area contributed by atoms with Gasteiger partial charge in [0.25, 0.3) is 15.9 Å². The average Bonchev–Trinajstić information content (AvgIpc) is 3.61. The summed E-state index contributed by atoms with van der Waals surface area (Å²) >= 11 is 1.07. The molecule has 1 aromatic carbocycles. The molecule has 0 radical (unpaired) electrons. The Kier molecular flexibility index (Phi) is 6.50. The maximum Gasteiger partial charge on any atom is 0.287 e. The molecule has 14 heteroatoms. The zero-order chi connectivity index (χ0) is 28.6. The molecule has 3 heterocycles. The van der Waals surface area contributed by atoms with E-state index in [1.165, 1.54) is 19.2 Å². The molecule has 2 N–H and O–H groups in total. The van der Waals surface area contributed by atoms with Crippen molar-refractivity contribution in [3.63, 3.8) is 0 Å². The number of aryl methyl sites for hydroxylation is 1. The highest BCUT2D eigenvalue weighted by molar-refractivity contribution is 7.91. The minimum atomic E-state index is -4.30. The molecule has 1 amide bonds. The first-order valence-electron chi connectivity index (χ1n) is 12.8. The van der Waals surface area contributed by atoms with Crippen LogP contribution in [0.4, 0.5) is 9.39 Å². The van der Waals surface area contributed by atoms with Crippen LogP contribution < -0.4 is 10.1 Å². The summed E-state index contributed by atoms with van der Waals surface area (Å²) in [5, 5.41) is 16.2. The molecule has 0 spiro atoms. The summed E-state index contributed by atoms with van der Waals surface area (Å²) < 4.78 is 73.1. The van der Waals surface area contributed by atoms with E-state index in [0.717, 1.165) is 36.9 Å². The highest BCUT2D eigenvalue weighted by atomic mass is 32.2. The first-order chi connectivity index (χ1) is 18.9. The molecular weight excluding hydrogens is 581 g/mol.